The molecule has 1 aromatic heterocycles. The van der Waals surface area contributed by atoms with Gasteiger partial charge in [-0.25, -0.2) is 16.8 Å². The number of hydrogen-bond donors (Lipinski definition) is 2. The number of nitrogens with one attached hydrogen (secondary N) is 2. The number of ether oxygens (including phenoxy) is 1. The number of hydrogen-bond acceptors (Lipinski definition) is 9. The van der Waals surface area contributed by atoms with Crippen LogP contribution < -0.4 is 15.4 Å². The number of methoxy groups -OCH3 is 1. The van der Waals surface area contributed by atoms with E-state index >= 15 is 0 Å². The Morgan fingerprint density at radius 1 is 1.19 bits per heavy atom. The van der Waals surface area contributed by atoms with E-state index in [1.165, 1.54) is 19.2 Å². The van der Waals surface area contributed by atoms with Gasteiger partial charge in [0.15, 0.2) is 25.5 Å². The molecule has 12 heteroatoms. The van der Waals surface area contributed by atoms with Crippen LogP contribution in [0.3, 0.4) is 0 Å². The van der Waals surface area contributed by atoms with Crippen LogP contribution in [0.5, 0.6) is 5.75 Å². The number of aromatic nitrogens is 1. The first kappa shape index (κ1) is 23.2. The van der Waals surface area contributed by atoms with Crippen molar-refractivity contribution in [2.75, 3.05) is 30.5 Å². The number of sulfone groups is 2. The highest BCUT2D eigenvalue weighted by atomic mass is 32.2. The quantitative estimate of drug-likeness (QED) is 0.598. The zero-order valence-electron chi connectivity index (χ0n) is 17.6. The van der Waals surface area contributed by atoms with Gasteiger partial charge in [-0.15, -0.1) is 0 Å². The molecule has 0 unspecified atom stereocenters. The lowest BCUT2D eigenvalue weighted by molar-refractivity contribution is -0.115. The van der Waals surface area contributed by atoms with Crippen LogP contribution >= 0.6 is 0 Å². The number of amides is 1. The van der Waals surface area contributed by atoms with Crippen LogP contribution in [0, 0.1) is 20.8 Å². The second kappa shape index (κ2) is 8.60. The molecule has 170 valence electrons. The number of carbonyl (C=O) groups is 1. The fourth-order valence-corrected chi connectivity index (χ4v) is 8.63. The number of anilines is 1. The minimum atomic E-state index is -4.00. The van der Waals surface area contributed by atoms with E-state index in [9.17, 15) is 21.6 Å². The maximum atomic E-state index is 13.4. The van der Waals surface area contributed by atoms with Gasteiger partial charge in [-0.3, -0.25) is 4.79 Å². The summed E-state index contributed by atoms with van der Waals surface area (Å²) in [5, 5.41) is 7.73. The normalized spacial score (nSPS) is 20.5. The van der Waals surface area contributed by atoms with Crippen molar-refractivity contribution in [1.29, 1.82) is 0 Å². The Kier molecular flexibility index (Phi) is 6.44. The molecule has 2 atom stereocenters. The molecule has 1 saturated heterocycles. The van der Waals surface area contributed by atoms with E-state index < -0.39 is 42.6 Å². The second-order valence-corrected chi connectivity index (χ2v) is 11.9. The standard InChI is InChI=1S/C19H25N3O7S2/c1-11-6-16(12(2)5-15(11)28-4)31(26,27)17-10-30(24,25)9-14(17)20-8-19(23)21-18-7-13(3)29-22-18/h5-7,14,17,20H,8-10H2,1-4H3,(H,21,22,23)/t14-,17-/m0/s1. The third-order valence-electron chi connectivity index (χ3n) is 5.12. The van der Waals surface area contributed by atoms with Gasteiger partial charge in [0.1, 0.15) is 11.5 Å². The molecule has 0 bridgehead atoms. The van der Waals surface area contributed by atoms with Crippen LogP contribution in [0.1, 0.15) is 16.9 Å². The minimum absolute atomic E-state index is 0.0576. The number of nitrogens with zero attached hydrogens (tertiary/aromatic N) is 1. The molecule has 10 nitrogen and oxygen atoms in total. The summed E-state index contributed by atoms with van der Waals surface area (Å²) in [5.41, 5.74) is 1.09. The van der Waals surface area contributed by atoms with Crippen molar-refractivity contribution < 1.29 is 30.9 Å². The van der Waals surface area contributed by atoms with Crippen LogP contribution in [-0.4, -0.2) is 64.4 Å². The summed E-state index contributed by atoms with van der Waals surface area (Å²) in [6.45, 7) is 4.74. The molecule has 1 aliphatic rings. The Hall–Kier alpha value is -2.44. The predicted octanol–water partition coefficient (Wildman–Crippen LogP) is 0.776. The van der Waals surface area contributed by atoms with E-state index in [0.717, 1.165) is 0 Å². The summed E-state index contributed by atoms with van der Waals surface area (Å²) in [7, 11) is -6.11. The zero-order chi connectivity index (χ0) is 23.0. The van der Waals surface area contributed by atoms with Gasteiger partial charge in [-0.05, 0) is 44.0 Å². The summed E-state index contributed by atoms with van der Waals surface area (Å²) < 4.78 is 61.4. The Bertz CT molecular complexity index is 1200. The van der Waals surface area contributed by atoms with Gasteiger partial charge in [0.25, 0.3) is 0 Å². The minimum Gasteiger partial charge on any atom is -0.496 e. The molecule has 2 N–H and O–H groups in total. The molecule has 0 saturated carbocycles. The van der Waals surface area contributed by atoms with Gasteiger partial charge in [0, 0.05) is 12.1 Å². The fourth-order valence-electron chi connectivity index (χ4n) is 3.60. The molecule has 31 heavy (non-hydrogen) atoms. The largest absolute Gasteiger partial charge is 0.496 e. The van der Waals surface area contributed by atoms with Gasteiger partial charge >= 0.3 is 0 Å². The van der Waals surface area contributed by atoms with Crippen molar-refractivity contribution in [3.8, 4) is 5.75 Å². The number of rotatable bonds is 7. The lowest BCUT2D eigenvalue weighted by atomic mass is 10.1. The van der Waals surface area contributed by atoms with Crippen molar-refractivity contribution in [3.63, 3.8) is 0 Å². The molecule has 1 amide bonds. The van der Waals surface area contributed by atoms with Crippen LogP contribution in [0.15, 0.2) is 27.6 Å². The monoisotopic (exact) mass is 471 g/mol. The van der Waals surface area contributed by atoms with Gasteiger partial charge in [-0.1, -0.05) is 5.16 Å². The second-order valence-electron chi connectivity index (χ2n) is 7.61. The molecular weight excluding hydrogens is 446 g/mol. The Morgan fingerprint density at radius 3 is 2.52 bits per heavy atom. The van der Waals surface area contributed by atoms with E-state index in [-0.39, 0.29) is 23.0 Å². The van der Waals surface area contributed by atoms with E-state index in [1.807, 2.05) is 0 Å². The third kappa shape index (κ3) is 5.08. The van der Waals surface area contributed by atoms with Crippen molar-refractivity contribution in [2.45, 2.75) is 37.0 Å². The maximum Gasteiger partial charge on any atom is 0.239 e. The summed E-state index contributed by atoms with van der Waals surface area (Å²) >= 11 is 0. The molecule has 1 fully saturated rings. The third-order valence-corrected chi connectivity index (χ3v) is 9.41. The average Bonchev–Trinajstić information content (AvgIpc) is 3.23. The first-order valence-corrected chi connectivity index (χ1v) is 12.9. The molecule has 2 heterocycles. The van der Waals surface area contributed by atoms with Gasteiger partial charge in [0.2, 0.25) is 5.91 Å². The molecule has 0 radical (unpaired) electrons. The average molecular weight is 472 g/mol. The molecule has 1 aliphatic heterocycles. The summed E-state index contributed by atoms with van der Waals surface area (Å²) in [6, 6.07) is 3.70. The fraction of sp³-hybridized carbons (Fsp3) is 0.474. The Labute approximate surface area is 181 Å². The topological polar surface area (TPSA) is 145 Å². The van der Waals surface area contributed by atoms with Crippen LogP contribution in [0.25, 0.3) is 0 Å². The zero-order valence-corrected chi connectivity index (χ0v) is 19.3. The van der Waals surface area contributed by atoms with Crippen molar-refractivity contribution in [1.82, 2.24) is 10.5 Å². The number of benzene rings is 1. The Morgan fingerprint density at radius 2 is 1.90 bits per heavy atom. The van der Waals surface area contributed by atoms with Crippen molar-refractivity contribution in [3.05, 3.63) is 35.1 Å². The van der Waals surface area contributed by atoms with E-state index in [1.54, 1.807) is 26.8 Å². The van der Waals surface area contributed by atoms with Crippen molar-refractivity contribution >= 4 is 31.4 Å². The van der Waals surface area contributed by atoms with Gasteiger partial charge in [-0.2, -0.15) is 0 Å². The van der Waals surface area contributed by atoms with Crippen LogP contribution in [0.4, 0.5) is 5.82 Å². The van der Waals surface area contributed by atoms with E-state index in [2.05, 4.69) is 15.8 Å². The van der Waals surface area contributed by atoms with Crippen molar-refractivity contribution in [2.24, 2.45) is 0 Å². The van der Waals surface area contributed by atoms with Gasteiger partial charge in [0.05, 0.1) is 35.3 Å². The highest BCUT2D eigenvalue weighted by Crippen LogP contribution is 2.31. The highest BCUT2D eigenvalue weighted by Gasteiger charge is 2.46. The maximum absolute atomic E-state index is 13.4. The molecule has 0 aliphatic carbocycles. The van der Waals surface area contributed by atoms with Crippen LogP contribution in [0.2, 0.25) is 0 Å². The lowest BCUT2D eigenvalue weighted by Crippen LogP contribution is -2.46. The molecular formula is C19H25N3O7S2. The SMILES string of the molecule is COc1cc(C)c(S(=O)(=O)[C@H]2CS(=O)(=O)C[C@@H]2NCC(=O)Nc2cc(C)on2)cc1C. The molecule has 2 aromatic rings. The summed E-state index contributed by atoms with van der Waals surface area (Å²) in [4.78, 5) is 12.2. The smallest absolute Gasteiger partial charge is 0.239 e. The van der Waals surface area contributed by atoms with Gasteiger partial charge < -0.3 is 19.9 Å². The molecule has 0 spiro atoms. The summed E-state index contributed by atoms with van der Waals surface area (Å²) in [6.07, 6.45) is 0. The van der Waals surface area contributed by atoms with E-state index in [4.69, 9.17) is 9.26 Å². The molecule has 3 rings (SSSR count). The van der Waals surface area contributed by atoms with Crippen LogP contribution in [-0.2, 0) is 24.5 Å². The number of carbonyl (C=O) groups excluding carboxylic acids is 1. The molecule has 1 aromatic carbocycles. The summed E-state index contributed by atoms with van der Waals surface area (Å²) in [5.74, 6) is -0.100. The predicted molar refractivity (Wildman–Crippen MR) is 114 cm³/mol. The number of aryl methyl sites for hydroxylation is 3. The Balaban J connectivity index is 1.81. The highest BCUT2D eigenvalue weighted by molar-refractivity contribution is 7.96. The van der Waals surface area contributed by atoms with E-state index in [0.29, 0.717) is 22.6 Å². The first-order valence-electron chi connectivity index (χ1n) is 9.49. The first-order chi connectivity index (χ1) is 14.4. The lowest BCUT2D eigenvalue weighted by Gasteiger charge is -2.21.